The second-order valence-electron chi connectivity index (χ2n) is 3.30. The number of amides is 1. The van der Waals surface area contributed by atoms with Gasteiger partial charge in [0.05, 0.1) is 10.9 Å². The monoisotopic (exact) mass is 260 g/mol. The smallest absolute Gasteiger partial charge is 0.251 e. The van der Waals surface area contributed by atoms with E-state index in [-0.39, 0.29) is 11.9 Å². The van der Waals surface area contributed by atoms with Gasteiger partial charge < -0.3 is 5.32 Å². The Kier molecular flexibility index (Phi) is 2.95. The van der Waals surface area contributed by atoms with Gasteiger partial charge in [0.15, 0.2) is 5.11 Å². The Hall–Kier alpha value is -0.650. The van der Waals surface area contributed by atoms with Crippen LogP contribution in [-0.2, 0) is 11.3 Å². The lowest BCUT2D eigenvalue weighted by Crippen LogP contribution is -2.29. The lowest BCUT2D eigenvalue weighted by atomic mass is 10.3. The SMILES string of the molecule is C[C@@H]1NC(=S)N(Cc2ccc(Cl)s2)C1=O. The zero-order valence-corrected chi connectivity index (χ0v) is 10.4. The van der Waals surface area contributed by atoms with E-state index in [1.165, 1.54) is 11.3 Å². The summed E-state index contributed by atoms with van der Waals surface area (Å²) in [5, 5.41) is 3.42. The lowest BCUT2D eigenvalue weighted by molar-refractivity contribution is -0.127. The minimum atomic E-state index is -0.215. The fraction of sp³-hybridized carbons (Fsp3) is 0.333. The number of carbonyl (C=O) groups excluding carboxylic acids is 1. The van der Waals surface area contributed by atoms with E-state index in [0.29, 0.717) is 11.7 Å². The number of halogens is 1. The summed E-state index contributed by atoms with van der Waals surface area (Å²) in [5.41, 5.74) is 0. The average Bonchev–Trinajstić information content (AvgIpc) is 2.67. The van der Waals surface area contributed by atoms with Crippen molar-refractivity contribution in [2.24, 2.45) is 0 Å². The molecule has 0 spiro atoms. The molecule has 15 heavy (non-hydrogen) atoms. The molecular weight excluding hydrogens is 252 g/mol. The van der Waals surface area contributed by atoms with Crippen LogP contribution >= 0.6 is 35.2 Å². The Morgan fingerprint density at radius 2 is 2.40 bits per heavy atom. The lowest BCUT2D eigenvalue weighted by Gasteiger charge is -2.12. The van der Waals surface area contributed by atoms with Crippen molar-refractivity contribution in [2.45, 2.75) is 19.5 Å². The molecule has 1 fully saturated rings. The molecule has 0 bridgehead atoms. The van der Waals surface area contributed by atoms with Crippen molar-refractivity contribution in [3.63, 3.8) is 0 Å². The molecule has 1 atom stereocenters. The van der Waals surface area contributed by atoms with Gasteiger partial charge in [0.2, 0.25) is 0 Å². The number of carbonyl (C=O) groups is 1. The van der Waals surface area contributed by atoms with Crippen LogP contribution in [0.15, 0.2) is 12.1 Å². The number of hydrogen-bond acceptors (Lipinski definition) is 3. The third-order valence-electron chi connectivity index (χ3n) is 2.16. The molecule has 0 aromatic carbocycles. The molecule has 1 aliphatic heterocycles. The highest BCUT2D eigenvalue weighted by Crippen LogP contribution is 2.23. The first kappa shape index (κ1) is 10.9. The molecule has 1 aliphatic rings. The van der Waals surface area contributed by atoms with E-state index in [2.05, 4.69) is 5.32 Å². The third-order valence-corrected chi connectivity index (χ3v) is 3.72. The van der Waals surface area contributed by atoms with Crippen LogP contribution < -0.4 is 5.32 Å². The standard InChI is InChI=1S/C9H9ClN2OS2/c1-5-8(13)12(9(14)11-5)4-6-2-3-7(10)15-6/h2-3,5H,4H2,1H3,(H,11,14)/t5-/m0/s1. The van der Waals surface area contributed by atoms with Crippen molar-refractivity contribution in [3.05, 3.63) is 21.3 Å². The summed E-state index contributed by atoms with van der Waals surface area (Å²) >= 11 is 12.3. The van der Waals surface area contributed by atoms with Gasteiger partial charge in [-0.3, -0.25) is 9.69 Å². The number of nitrogens with zero attached hydrogens (tertiary/aromatic N) is 1. The van der Waals surface area contributed by atoms with E-state index in [0.717, 1.165) is 9.21 Å². The zero-order valence-electron chi connectivity index (χ0n) is 7.99. The summed E-state index contributed by atoms with van der Waals surface area (Å²) < 4.78 is 0.726. The van der Waals surface area contributed by atoms with E-state index >= 15 is 0 Å². The summed E-state index contributed by atoms with van der Waals surface area (Å²) in [7, 11) is 0. The van der Waals surface area contributed by atoms with E-state index in [1.807, 2.05) is 12.1 Å². The van der Waals surface area contributed by atoms with Crippen LogP contribution in [0.25, 0.3) is 0 Å². The largest absolute Gasteiger partial charge is 0.351 e. The minimum absolute atomic E-state index is 0.0181. The Balaban J connectivity index is 2.12. The van der Waals surface area contributed by atoms with Crippen molar-refractivity contribution in [1.82, 2.24) is 10.2 Å². The Bertz CT molecular complexity index is 418. The predicted octanol–water partition coefficient (Wildman–Crippen LogP) is 2.01. The molecular formula is C9H9ClN2OS2. The predicted molar refractivity (Wildman–Crippen MR) is 65.1 cm³/mol. The van der Waals surface area contributed by atoms with Crippen molar-refractivity contribution in [1.29, 1.82) is 0 Å². The normalized spacial score (nSPS) is 20.9. The molecule has 80 valence electrons. The molecule has 0 saturated carbocycles. The number of hydrogen-bond donors (Lipinski definition) is 1. The molecule has 6 heteroatoms. The first-order chi connectivity index (χ1) is 7.08. The quantitative estimate of drug-likeness (QED) is 0.826. The molecule has 1 saturated heterocycles. The van der Waals surface area contributed by atoms with Gasteiger partial charge in [0, 0.05) is 4.88 Å². The molecule has 0 unspecified atom stereocenters. The van der Waals surface area contributed by atoms with Crippen molar-refractivity contribution in [2.75, 3.05) is 0 Å². The summed E-state index contributed by atoms with van der Waals surface area (Å²) in [4.78, 5) is 14.3. The summed E-state index contributed by atoms with van der Waals surface area (Å²) in [6.45, 7) is 2.31. The fourth-order valence-corrected chi connectivity index (χ4v) is 2.81. The molecule has 0 radical (unpaired) electrons. The molecule has 1 aromatic rings. The molecule has 1 aromatic heterocycles. The van der Waals surface area contributed by atoms with E-state index in [1.54, 1.807) is 11.8 Å². The number of nitrogens with one attached hydrogen (secondary N) is 1. The summed E-state index contributed by atoms with van der Waals surface area (Å²) in [6, 6.07) is 3.52. The second kappa shape index (κ2) is 4.08. The van der Waals surface area contributed by atoms with Gasteiger partial charge in [0.1, 0.15) is 6.04 Å². The van der Waals surface area contributed by atoms with Crippen LogP contribution in [0.5, 0.6) is 0 Å². The minimum Gasteiger partial charge on any atom is -0.351 e. The van der Waals surface area contributed by atoms with Crippen LogP contribution in [0.3, 0.4) is 0 Å². The highest BCUT2D eigenvalue weighted by atomic mass is 35.5. The fourth-order valence-electron chi connectivity index (χ4n) is 1.40. The third kappa shape index (κ3) is 2.14. The van der Waals surface area contributed by atoms with E-state index in [4.69, 9.17) is 23.8 Å². The van der Waals surface area contributed by atoms with Crippen LogP contribution in [-0.4, -0.2) is 22.0 Å². The second-order valence-corrected chi connectivity index (χ2v) is 5.49. The van der Waals surface area contributed by atoms with Gasteiger partial charge >= 0.3 is 0 Å². The Morgan fingerprint density at radius 3 is 2.87 bits per heavy atom. The van der Waals surface area contributed by atoms with Crippen molar-refractivity contribution >= 4 is 46.2 Å². The van der Waals surface area contributed by atoms with Crippen molar-refractivity contribution in [3.8, 4) is 0 Å². The maximum absolute atomic E-state index is 11.7. The molecule has 3 nitrogen and oxygen atoms in total. The topological polar surface area (TPSA) is 32.3 Å². The average molecular weight is 261 g/mol. The van der Waals surface area contributed by atoms with E-state index in [9.17, 15) is 4.79 Å². The highest BCUT2D eigenvalue weighted by Gasteiger charge is 2.32. The maximum Gasteiger partial charge on any atom is 0.251 e. The van der Waals surface area contributed by atoms with Gasteiger partial charge in [-0.05, 0) is 31.3 Å². The number of thiocarbonyl (C=S) groups is 1. The molecule has 2 heterocycles. The van der Waals surface area contributed by atoms with Crippen LogP contribution in [0.1, 0.15) is 11.8 Å². The molecule has 1 N–H and O–H groups in total. The Morgan fingerprint density at radius 1 is 1.67 bits per heavy atom. The van der Waals surface area contributed by atoms with Crippen LogP contribution in [0, 0.1) is 0 Å². The van der Waals surface area contributed by atoms with E-state index < -0.39 is 0 Å². The molecule has 2 rings (SSSR count). The number of rotatable bonds is 2. The number of thiophene rings is 1. The molecule has 1 amide bonds. The van der Waals surface area contributed by atoms with Crippen molar-refractivity contribution < 1.29 is 4.79 Å². The van der Waals surface area contributed by atoms with Gasteiger partial charge in [-0.1, -0.05) is 11.6 Å². The first-order valence-electron chi connectivity index (χ1n) is 4.44. The van der Waals surface area contributed by atoms with Gasteiger partial charge in [-0.15, -0.1) is 11.3 Å². The molecule has 0 aliphatic carbocycles. The van der Waals surface area contributed by atoms with Gasteiger partial charge in [-0.2, -0.15) is 0 Å². The zero-order chi connectivity index (χ0) is 11.0. The highest BCUT2D eigenvalue weighted by molar-refractivity contribution is 7.80. The first-order valence-corrected chi connectivity index (χ1v) is 6.04. The summed E-state index contributed by atoms with van der Waals surface area (Å²) in [6.07, 6.45) is 0. The van der Waals surface area contributed by atoms with Crippen LogP contribution in [0.4, 0.5) is 0 Å². The maximum atomic E-state index is 11.7. The van der Waals surface area contributed by atoms with Gasteiger partial charge in [0.25, 0.3) is 5.91 Å². The summed E-state index contributed by atoms with van der Waals surface area (Å²) in [5.74, 6) is 0.0181. The van der Waals surface area contributed by atoms with Crippen LogP contribution in [0.2, 0.25) is 4.34 Å². The van der Waals surface area contributed by atoms with Gasteiger partial charge in [-0.25, -0.2) is 0 Å². The Labute approximate surface area is 102 Å².